The molecule has 0 saturated carbocycles. The van der Waals surface area contributed by atoms with Gasteiger partial charge >= 0.3 is 5.97 Å². The number of carboxylic acids is 1. The number of aromatic hydroxyl groups is 1. The van der Waals surface area contributed by atoms with Crippen molar-refractivity contribution in [2.45, 2.75) is 16.4 Å². The van der Waals surface area contributed by atoms with Gasteiger partial charge in [0.25, 0.3) is 11.5 Å². The van der Waals surface area contributed by atoms with Crippen LogP contribution in [0.4, 0.5) is 0 Å². The number of aliphatic carboxylic acids is 1. The molecule has 1 heterocycles. The summed E-state index contributed by atoms with van der Waals surface area (Å²) in [6.45, 7) is -0.468. The molecule has 0 unspecified atom stereocenters. The lowest BCUT2D eigenvalue weighted by molar-refractivity contribution is -0.135. The lowest BCUT2D eigenvalue weighted by atomic mass is 10.1. The topological polar surface area (TPSA) is 129 Å². The molecule has 8 nitrogen and oxygen atoms in total. The number of pyridine rings is 1. The van der Waals surface area contributed by atoms with Crippen molar-refractivity contribution < 1.29 is 24.5 Å². The van der Waals surface area contributed by atoms with Gasteiger partial charge in [-0.2, -0.15) is 0 Å². The number of fused-ring (bicyclic) bond motifs is 1. The summed E-state index contributed by atoms with van der Waals surface area (Å²) in [5.74, 6) is -2.49. The highest BCUT2D eigenvalue weighted by Gasteiger charge is 2.22. The van der Waals surface area contributed by atoms with Crippen LogP contribution in [0.15, 0.2) is 87.4 Å². The quantitative estimate of drug-likeness (QED) is 0.305. The fourth-order valence-electron chi connectivity index (χ4n) is 3.31. The van der Waals surface area contributed by atoms with Crippen molar-refractivity contribution in [3.63, 3.8) is 0 Å². The van der Waals surface area contributed by atoms with Gasteiger partial charge in [-0.15, -0.1) is 0 Å². The number of H-pyrrole nitrogens is 1. The second-order valence-corrected chi connectivity index (χ2v) is 8.43. The summed E-state index contributed by atoms with van der Waals surface area (Å²) in [5, 5.41) is 22.0. The first-order valence-electron chi connectivity index (χ1n) is 10.2. The van der Waals surface area contributed by atoms with Crippen LogP contribution in [0.5, 0.6) is 11.5 Å². The van der Waals surface area contributed by atoms with Gasteiger partial charge in [-0.25, -0.2) is 0 Å². The van der Waals surface area contributed by atoms with Crippen LogP contribution in [-0.2, 0) is 11.4 Å². The number of carbonyl (C=O) groups excluding carboxylic acids is 1. The van der Waals surface area contributed by atoms with Crippen LogP contribution in [0.2, 0.25) is 0 Å². The zero-order chi connectivity index (χ0) is 24.1. The maximum Gasteiger partial charge on any atom is 0.322 e. The zero-order valence-corrected chi connectivity index (χ0v) is 18.6. The summed E-state index contributed by atoms with van der Waals surface area (Å²) >= 11 is 1.42. The van der Waals surface area contributed by atoms with Crippen LogP contribution in [0.25, 0.3) is 10.9 Å². The Balaban J connectivity index is 1.80. The minimum Gasteiger partial charge on any atom is -0.506 e. The van der Waals surface area contributed by atoms with E-state index in [0.29, 0.717) is 10.6 Å². The number of rotatable bonds is 8. The SMILES string of the molecule is O=C(O)CNC(=O)c1c(O)c2cc(Sc3ccccc3)cc(OCc3ccccc3)c2[nH]c1=O. The predicted molar refractivity (Wildman–Crippen MR) is 128 cm³/mol. The van der Waals surface area contributed by atoms with Crippen LogP contribution in [0, 0.1) is 0 Å². The molecular weight excluding hydrogens is 456 g/mol. The Morgan fingerprint density at radius 2 is 1.65 bits per heavy atom. The van der Waals surface area contributed by atoms with Crippen molar-refractivity contribution >= 4 is 34.5 Å². The van der Waals surface area contributed by atoms with E-state index >= 15 is 0 Å². The summed E-state index contributed by atoms with van der Waals surface area (Å²) in [6, 6.07) is 22.4. The van der Waals surface area contributed by atoms with E-state index in [1.54, 1.807) is 12.1 Å². The van der Waals surface area contributed by atoms with Gasteiger partial charge in [0.05, 0.1) is 5.52 Å². The molecule has 4 aromatic rings. The smallest absolute Gasteiger partial charge is 0.322 e. The highest BCUT2D eigenvalue weighted by molar-refractivity contribution is 7.99. The van der Waals surface area contributed by atoms with E-state index in [-0.39, 0.29) is 17.5 Å². The zero-order valence-electron chi connectivity index (χ0n) is 17.8. The molecule has 3 aromatic carbocycles. The summed E-state index contributed by atoms with van der Waals surface area (Å²) in [4.78, 5) is 40.1. The molecule has 0 spiro atoms. The Labute approximate surface area is 198 Å². The van der Waals surface area contributed by atoms with Crippen LogP contribution in [0.3, 0.4) is 0 Å². The van der Waals surface area contributed by atoms with Gasteiger partial charge in [0.15, 0.2) is 0 Å². The van der Waals surface area contributed by atoms with E-state index in [2.05, 4.69) is 10.3 Å². The molecule has 1 aromatic heterocycles. The van der Waals surface area contributed by atoms with E-state index in [0.717, 1.165) is 10.5 Å². The van der Waals surface area contributed by atoms with Gasteiger partial charge in [0.1, 0.15) is 30.2 Å². The Morgan fingerprint density at radius 1 is 0.971 bits per heavy atom. The number of carboxylic acid groups (broad SMARTS) is 1. The Bertz CT molecular complexity index is 1400. The first-order chi connectivity index (χ1) is 16.4. The number of hydrogen-bond acceptors (Lipinski definition) is 6. The van der Waals surface area contributed by atoms with E-state index in [9.17, 15) is 19.5 Å². The van der Waals surface area contributed by atoms with Gasteiger partial charge in [-0.05, 0) is 29.8 Å². The third-order valence-corrected chi connectivity index (χ3v) is 5.86. The maximum absolute atomic E-state index is 12.7. The van der Waals surface area contributed by atoms with Crippen molar-refractivity contribution in [1.82, 2.24) is 10.3 Å². The number of amides is 1. The molecule has 0 atom stereocenters. The molecule has 9 heteroatoms. The van der Waals surface area contributed by atoms with Crippen molar-refractivity contribution in [2.24, 2.45) is 0 Å². The van der Waals surface area contributed by atoms with Crippen molar-refractivity contribution in [1.29, 1.82) is 0 Å². The molecule has 0 bridgehead atoms. The summed E-state index contributed by atoms with van der Waals surface area (Å²) in [5.41, 5.74) is -0.288. The molecule has 0 aliphatic heterocycles. The number of hydrogen-bond donors (Lipinski definition) is 4. The minimum absolute atomic E-state index is 0.198. The second kappa shape index (κ2) is 10.1. The normalized spacial score (nSPS) is 10.7. The summed E-state index contributed by atoms with van der Waals surface area (Å²) < 4.78 is 6.00. The second-order valence-electron chi connectivity index (χ2n) is 7.29. The van der Waals surface area contributed by atoms with Gasteiger partial charge in [0.2, 0.25) is 0 Å². The molecule has 0 radical (unpaired) electrons. The molecule has 0 aliphatic carbocycles. The van der Waals surface area contributed by atoms with Gasteiger partial charge in [-0.3, -0.25) is 14.4 Å². The highest BCUT2D eigenvalue weighted by atomic mass is 32.2. The Kier molecular flexibility index (Phi) is 6.84. The van der Waals surface area contributed by atoms with Crippen LogP contribution in [-0.4, -0.2) is 33.6 Å². The first kappa shape index (κ1) is 22.9. The van der Waals surface area contributed by atoms with Gasteiger partial charge in [0, 0.05) is 15.2 Å². The van der Waals surface area contributed by atoms with Crippen LogP contribution >= 0.6 is 11.8 Å². The first-order valence-corrected chi connectivity index (χ1v) is 11.1. The number of ether oxygens (including phenoxy) is 1. The monoisotopic (exact) mass is 476 g/mol. The fourth-order valence-corrected chi connectivity index (χ4v) is 4.22. The Morgan fingerprint density at radius 3 is 2.32 bits per heavy atom. The molecule has 4 N–H and O–H groups in total. The number of carbonyl (C=O) groups is 2. The lowest BCUT2D eigenvalue weighted by Crippen LogP contribution is -2.33. The van der Waals surface area contributed by atoms with Crippen LogP contribution < -0.4 is 15.6 Å². The molecule has 0 saturated heterocycles. The average molecular weight is 477 g/mol. The van der Waals surface area contributed by atoms with Crippen molar-refractivity contribution in [2.75, 3.05) is 6.54 Å². The minimum atomic E-state index is -1.27. The van der Waals surface area contributed by atoms with E-state index in [1.165, 1.54) is 11.8 Å². The number of aromatic nitrogens is 1. The largest absolute Gasteiger partial charge is 0.506 e. The fraction of sp³-hybridized carbons (Fsp3) is 0.0800. The van der Waals surface area contributed by atoms with E-state index in [4.69, 9.17) is 9.84 Å². The van der Waals surface area contributed by atoms with Gasteiger partial charge in [-0.1, -0.05) is 60.3 Å². The molecule has 0 aliphatic rings. The summed E-state index contributed by atoms with van der Waals surface area (Å²) in [6.07, 6.45) is 0. The van der Waals surface area contributed by atoms with Gasteiger partial charge < -0.3 is 25.3 Å². The van der Waals surface area contributed by atoms with Crippen molar-refractivity contribution in [3.05, 3.63) is 94.3 Å². The van der Waals surface area contributed by atoms with E-state index in [1.807, 2.05) is 60.7 Å². The third kappa shape index (κ3) is 5.21. The lowest BCUT2D eigenvalue weighted by Gasteiger charge is -2.14. The number of nitrogens with one attached hydrogen (secondary N) is 2. The highest BCUT2D eigenvalue weighted by Crippen LogP contribution is 2.38. The third-order valence-electron chi connectivity index (χ3n) is 4.88. The van der Waals surface area contributed by atoms with Crippen molar-refractivity contribution in [3.8, 4) is 11.5 Å². The molecule has 4 rings (SSSR count). The predicted octanol–water partition coefficient (Wildman–Crippen LogP) is 3.78. The van der Waals surface area contributed by atoms with Crippen LogP contribution in [0.1, 0.15) is 15.9 Å². The summed E-state index contributed by atoms with van der Waals surface area (Å²) in [7, 11) is 0. The standard InChI is InChI=1S/C25H20N2O6S/c28-20(29)13-26-24(31)21-23(30)18-11-17(34-16-9-5-2-6-10-16)12-19(22(18)27-25(21)32)33-14-15-7-3-1-4-8-15/h1-12H,13-14H2,(H,26,31)(H,28,29)(H2,27,30,32). The number of benzene rings is 3. The molecular formula is C25H20N2O6S. The molecule has 0 fully saturated rings. The number of aromatic amines is 1. The molecule has 172 valence electrons. The maximum atomic E-state index is 12.7. The average Bonchev–Trinajstić information content (AvgIpc) is 2.83. The van der Waals surface area contributed by atoms with E-state index < -0.39 is 35.3 Å². The Hall–Kier alpha value is -4.24. The molecule has 34 heavy (non-hydrogen) atoms. The molecule has 1 amide bonds.